The third-order valence-electron chi connectivity index (χ3n) is 7.29. The smallest absolute Gasteiger partial charge is 0.331 e. The summed E-state index contributed by atoms with van der Waals surface area (Å²) in [6, 6.07) is 9.31. The maximum atomic E-state index is 13.8. The maximum absolute atomic E-state index is 13.8. The summed E-state index contributed by atoms with van der Waals surface area (Å²) in [6.45, 7) is 16.4. The summed E-state index contributed by atoms with van der Waals surface area (Å²) >= 11 is 1.32. The number of carbonyl (C=O) groups is 1. The zero-order chi connectivity index (χ0) is 27.8. The first-order valence-corrected chi connectivity index (χ1v) is 13.7. The van der Waals surface area contributed by atoms with Gasteiger partial charge in [0.1, 0.15) is 22.4 Å². The van der Waals surface area contributed by atoms with Crippen molar-refractivity contribution in [3.05, 3.63) is 58.8 Å². The predicted molar refractivity (Wildman–Crippen MR) is 150 cm³/mol. The van der Waals surface area contributed by atoms with Crippen LogP contribution in [0.15, 0.2) is 41.0 Å². The van der Waals surface area contributed by atoms with Crippen LogP contribution in [0.4, 0.5) is 5.00 Å². The molecule has 2 aliphatic rings. The van der Waals surface area contributed by atoms with Crippen LogP contribution in [0.5, 0.6) is 10.8 Å². The van der Waals surface area contributed by atoms with E-state index in [0.717, 1.165) is 18.4 Å². The van der Waals surface area contributed by atoms with Gasteiger partial charge in [0.05, 0.1) is 26.4 Å². The number of aromatic nitrogens is 3. The average Bonchev–Trinajstić information content (AvgIpc) is 3.61. The molecular formula is C29H31N5O4S. The minimum Gasteiger partial charge on any atom is -0.496 e. The summed E-state index contributed by atoms with van der Waals surface area (Å²) in [7, 11) is 3.17. The van der Waals surface area contributed by atoms with Crippen molar-refractivity contribution in [3.8, 4) is 22.2 Å². The Bertz CT molecular complexity index is 1520. The first kappa shape index (κ1) is 26.6. The van der Waals surface area contributed by atoms with Gasteiger partial charge >= 0.3 is 5.97 Å². The van der Waals surface area contributed by atoms with E-state index in [9.17, 15) is 4.79 Å². The SMILES string of the molecule is [C-]#[N+]C1=C(C(=O)OC2C(C)CC(C)CC2C)c2nc(-c3cc(C)ccc3OC)nn2C1=Nc1ccc(OC)s1. The van der Waals surface area contributed by atoms with E-state index in [1.807, 2.05) is 25.1 Å². The molecule has 9 nitrogen and oxygen atoms in total. The van der Waals surface area contributed by atoms with E-state index in [4.69, 9.17) is 35.9 Å². The molecule has 3 aromatic rings. The second kappa shape index (κ2) is 10.7. The van der Waals surface area contributed by atoms with Gasteiger partial charge in [0.15, 0.2) is 22.5 Å². The molecule has 2 unspecified atom stereocenters. The van der Waals surface area contributed by atoms with Crippen molar-refractivity contribution in [2.24, 2.45) is 22.7 Å². The number of thiophene rings is 1. The summed E-state index contributed by atoms with van der Waals surface area (Å²) in [5.41, 5.74) is 1.83. The van der Waals surface area contributed by atoms with Crippen molar-refractivity contribution >= 4 is 33.7 Å². The van der Waals surface area contributed by atoms with E-state index in [1.165, 1.54) is 16.0 Å². The Morgan fingerprint density at radius 3 is 2.51 bits per heavy atom. The van der Waals surface area contributed by atoms with Gasteiger partial charge < -0.3 is 14.2 Å². The molecule has 5 rings (SSSR count). The number of hydrogen-bond donors (Lipinski definition) is 0. The molecule has 2 aromatic heterocycles. The molecule has 1 fully saturated rings. The lowest BCUT2D eigenvalue weighted by molar-refractivity contribution is -0.150. The number of aliphatic imine (C=N–C) groups is 1. The molecule has 1 saturated carbocycles. The Morgan fingerprint density at radius 2 is 1.87 bits per heavy atom. The van der Waals surface area contributed by atoms with E-state index in [0.29, 0.717) is 33.1 Å². The lowest BCUT2D eigenvalue weighted by atomic mass is 9.75. The van der Waals surface area contributed by atoms with E-state index in [2.05, 4.69) is 25.6 Å². The van der Waals surface area contributed by atoms with Gasteiger partial charge in [-0.25, -0.2) is 24.3 Å². The van der Waals surface area contributed by atoms with Gasteiger partial charge in [-0.1, -0.05) is 43.7 Å². The number of nitrogens with zero attached hydrogens (tertiary/aromatic N) is 5. The molecule has 202 valence electrons. The van der Waals surface area contributed by atoms with Crippen molar-refractivity contribution in [1.82, 2.24) is 14.8 Å². The molecule has 0 spiro atoms. The van der Waals surface area contributed by atoms with Gasteiger partial charge in [-0.3, -0.25) is 0 Å². The number of benzene rings is 1. The van der Waals surface area contributed by atoms with Gasteiger partial charge in [0.2, 0.25) is 5.70 Å². The Balaban J connectivity index is 1.63. The van der Waals surface area contributed by atoms with Crippen molar-refractivity contribution in [2.75, 3.05) is 14.2 Å². The third kappa shape index (κ3) is 4.94. The lowest BCUT2D eigenvalue weighted by Gasteiger charge is -2.37. The number of aryl methyl sites for hydroxylation is 1. The number of fused-ring (bicyclic) bond motifs is 1. The first-order chi connectivity index (χ1) is 18.7. The number of methoxy groups -OCH3 is 2. The second-order valence-electron chi connectivity index (χ2n) is 10.3. The Kier molecular flexibility index (Phi) is 7.28. The topological polar surface area (TPSA) is 92.2 Å². The summed E-state index contributed by atoms with van der Waals surface area (Å²) in [5.74, 6) is 1.84. The zero-order valence-corrected chi connectivity index (χ0v) is 23.7. The monoisotopic (exact) mass is 545 g/mol. The van der Waals surface area contributed by atoms with E-state index in [1.54, 1.807) is 26.4 Å². The van der Waals surface area contributed by atoms with Gasteiger partial charge in [-0.05, 0) is 61.8 Å². The molecule has 0 amide bonds. The van der Waals surface area contributed by atoms with Crippen LogP contribution in [0.1, 0.15) is 45.0 Å². The van der Waals surface area contributed by atoms with Crippen LogP contribution in [-0.2, 0) is 9.53 Å². The van der Waals surface area contributed by atoms with Crippen LogP contribution in [0.3, 0.4) is 0 Å². The van der Waals surface area contributed by atoms with Crippen LogP contribution in [0, 0.1) is 31.2 Å². The molecule has 0 saturated heterocycles. The fraction of sp³-hybridized carbons (Fsp3) is 0.414. The third-order valence-corrected chi connectivity index (χ3v) is 8.23. The number of ether oxygens (including phenoxy) is 3. The van der Waals surface area contributed by atoms with Gasteiger partial charge in [-0.15, -0.1) is 5.10 Å². The van der Waals surface area contributed by atoms with Crippen LogP contribution in [-0.4, -0.2) is 46.9 Å². The molecule has 1 aromatic carbocycles. The standard InChI is InChI=1S/C29H31N5O4S/c1-15-8-9-20(36-6)19(14-15)26-32-27-23(29(35)38-25-17(3)12-16(2)13-18(25)4)24(30-5)28(34(27)33-26)31-21-10-11-22(37-7)39-21/h8-11,14,16-18,25H,12-13H2,1-4,6-7H3. The highest BCUT2D eigenvalue weighted by Gasteiger charge is 2.41. The molecule has 1 aliphatic heterocycles. The molecule has 1 aliphatic carbocycles. The van der Waals surface area contributed by atoms with E-state index in [-0.39, 0.29) is 40.9 Å². The predicted octanol–water partition coefficient (Wildman–Crippen LogP) is 6.17. The van der Waals surface area contributed by atoms with Gasteiger partial charge in [-0.2, -0.15) is 0 Å². The Hall–Kier alpha value is -3.97. The average molecular weight is 546 g/mol. The minimum atomic E-state index is -0.579. The molecule has 0 radical (unpaired) electrons. The fourth-order valence-corrected chi connectivity index (χ4v) is 6.33. The summed E-state index contributed by atoms with van der Waals surface area (Å²) < 4.78 is 18.4. The molecule has 10 heteroatoms. The highest BCUT2D eigenvalue weighted by Crippen LogP contribution is 2.39. The van der Waals surface area contributed by atoms with Crippen molar-refractivity contribution in [3.63, 3.8) is 0 Å². The number of rotatable bonds is 6. The quantitative estimate of drug-likeness (QED) is 0.272. The summed E-state index contributed by atoms with van der Waals surface area (Å²) in [4.78, 5) is 27.0. The van der Waals surface area contributed by atoms with Crippen LogP contribution in [0.25, 0.3) is 21.8 Å². The fourth-order valence-electron chi connectivity index (χ4n) is 5.64. The van der Waals surface area contributed by atoms with Crippen LogP contribution in [0.2, 0.25) is 0 Å². The number of allylic oxidation sites excluding steroid dienone is 1. The highest BCUT2D eigenvalue weighted by molar-refractivity contribution is 7.17. The number of carbonyl (C=O) groups excluding carboxylic acids is 1. The van der Waals surface area contributed by atoms with E-state index >= 15 is 0 Å². The Labute approximate surface area is 232 Å². The van der Waals surface area contributed by atoms with Gasteiger partial charge in [0, 0.05) is 0 Å². The van der Waals surface area contributed by atoms with Crippen molar-refractivity contribution < 1.29 is 19.0 Å². The molecular weight excluding hydrogens is 514 g/mol. The highest BCUT2D eigenvalue weighted by atomic mass is 32.1. The molecule has 2 atom stereocenters. The van der Waals surface area contributed by atoms with Gasteiger partial charge in [0.25, 0.3) is 0 Å². The van der Waals surface area contributed by atoms with Crippen molar-refractivity contribution in [2.45, 2.75) is 46.6 Å². The van der Waals surface area contributed by atoms with E-state index < -0.39 is 5.97 Å². The first-order valence-electron chi connectivity index (χ1n) is 12.9. The van der Waals surface area contributed by atoms with Crippen LogP contribution >= 0.6 is 11.3 Å². The molecule has 0 bridgehead atoms. The second-order valence-corrected chi connectivity index (χ2v) is 11.4. The number of esters is 1. The maximum Gasteiger partial charge on any atom is 0.331 e. The molecule has 39 heavy (non-hydrogen) atoms. The minimum absolute atomic E-state index is 0.0645. The molecule has 3 heterocycles. The van der Waals surface area contributed by atoms with Crippen LogP contribution < -0.4 is 9.47 Å². The van der Waals surface area contributed by atoms with Crippen molar-refractivity contribution in [1.29, 1.82) is 0 Å². The normalized spacial score (nSPS) is 23.5. The summed E-state index contributed by atoms with van der Waals surface area (Å²) in [6.07, 6.45) is 1.72. The lowest BCUT2D eigenvalue weighted by Crippen LogP contribution is -2.37. The largest absolute Gasteiger partial charge is 0.496 e. The molecule has 0 N–H and O–H groups in total. The zero-order valence-electron chi connectivity index (χ0n) is 22.9. The summed E-state index contributed by atoms with van der Waals surface area (Å²) in [5, 5.41) is 6.00. The Morgan fingerprint density at radius 1 is 1.13 bits per heavy atom. The number of hydrogen-bond acceptors (Lipinski definition) is 8.